The minimum absolute atomic E-state index is 0.113. The molecule has 1 aromatic carbocycles. The van der Waals surface area contributed by atoms with Gasteiger partial charge in [-0.05, 0) is 55.9 Å². The van der Waals surface area contributed by atoms with Gasteiger partial charge in [0.15, 0.2) is 11.6 Å². The normalized spacial score (nSPS) is 20.8. The molecule has 3 rings (SSSR count). The Balaban J connectivity index is 1.45. The molecule has 0 radical (unpaired) electrons. The zero-order valence-electron chi connectivity index (χ0n) is 22.3. The van der Waals surface area contributed by atoms with Crippen molar-refractivity contribution in [1.82, 2.24) is 9.97 Å². The van der Waals surface area contributed by atoms with Gasteiger partial charge in [-0.3, -0.25) is 0 Å². The second kappa shape index (κ2) is 14.2. The zero-order chi connectivity index (χ0) is 24.9. The molecule has 0 spiro atoms. The molecule has 0 N–H and O–H groups in total. The largest absolute Gasteiger partial charge is 0.490 e. The first kappa shape index (κ1) is 27.2. The summed E-state index contributed by atoms with van der Waals surface area (Å²) in [4.78, 5) is 9.07. The molecular weight excluding hydrogens is 430 g/mol. The highest BCUT2D eigenvalue weighted by Crippen LogP contribution is 2.46. The molecule has 190 valence electrons. The van der Waals surface area contributed by atoms with Crippen LogP contribution in [0.25, 0.3) is 11.4 Å². The average Bonchev–Trinajstić information content (AvgIpc) is 2.91. The number of nitriles is 1. The maximum atomic E-state index is 9.86. The van der Waals surface area contributed by atoms with Crippen molar-refractivity contribution in [3.63, 3.8) is 0 Å². The van der Waals surface area contributed by atoms with Crippen LogP contribution in [0.1, 0.15) is 116 Å². The van der Waals surface area contributed by atoms with Gasteiger partial charge < -0.3 is 4.74 Å². The second-order valence-corrected chi connectivity index (χ2v) is 10.7. The van der Waals surface area contributed by atoms with Gasteiger partial charge in [0.05, 0.1) is 30.5 Å². The van der Waals surface area contributed by atoms with Crippen LogP contribution in [0.4, 0.5) is 0 Å². The standard InChI is InChI=1S/C31H45N3O/c1-4-6-7-8-9-10-11-20-35-29-22-33-30(34-23-29)28-14-12-26(13-15-28)27-16-18-31(24-32,19-17-27)21-25(3)5-2/h12-15,22-23,25,27H,4-11,16-21H2,1-3H3/t25-,27?,31?/m1/s1. The zero-order valence-corrected chi connectivity index (χ0v) is 22.3. The number of aromatic nitrogens is 2. The third kappa shape index (κ3) is 8.34. The molecule has 1 heterocycles. The van der Waals surface area contributed by atoms with Gasteiger partial charge in [-0.15, -0.1) is 0 Å². The summed E-state index contributed by atoms with van der Waals surface area (Å²) in [5, 5.41) is 9.86. The fourth-order valence-electron chi connectivity index (χ4n) is 5.37. The summed E-state index contributed by atoms with van der Waals surface area (Å²) >= 11 is 0. The molecule has 0 unspecified atom stereocenters. The predicted molar refractivity (Wildman–Crippen MR) is 144 cm³/mol. The van der Waals surface area contributed by atoms with Crippen LogP contribution in [-0.4, -0.2) is 16.6 Å². The molecule has 1 aliphatic carbocycles. The van der Waals surface area contributed by atoms with E-state index < -0.39 is 0 Å². The van der Waals surface area contributed by atoms with Crippen LogP contribution in [0.3, 0.4) is 0 Å². The maximum absolute atomic E-state index is 9.86. The lowest BCUT2D eigenvalue weighted by molar-refractivity contribution is 0.198. The van der Waals surface area contributed by atoms with Crippen LogP contribution >= 0.6 is 0 Å². The van der Waals surface area contributed by atoms with Gasteiger partial charge in [-0.1, -0.05) is 90.0 Å². The number of rotatable bonds is 14. The van der Waals surface area contributed by atoms with Gasteiger partial charge >= 0.3 is 0 Å². The molecule has 0 bridgehead atoms. The minimum atomic E-state index is -0.113. The fourth-order valence-corrected chi connectivity index (χ4v) is 5.37. The Morgan fingerprint density at radius 3 is 2.20 bits per heavy atom. The summed E-state index contributed by atoms with van der Waals surface area (Å²) in [7, 11) is 0. The number of ether oxygens (including phenoxy) is 1. The van der Waals surface area contributed by atoms with Gasteiger partial charge in [-0.2, -0.15) is 5.26 Å². The number of nitrogens with zero attached hydrogens (tertiary/aromatic N) is 3. The molecule has 1 atom stereocenters. The molecule has 35 heavy (non-hydrogen) atoms. The van der Waals surface area contributed by atoms with Crippen LogP contribution in [-0.2, 0) is 0 Å². The summed E-state index contributed by atoms with van der Waals surface area (Å²) in [5.41, 5.74) is 2.29. The summed E-state index contributed by atoms with van der Waals surface area (Å²) in [5.74, 6) is 2.66. The Hall–Kier alpha value is -2.41. The molecule has 2 aromatic rings. The summed E-state index contributed by atoms with van der Waals surface area (Å²) in [6.07, 6.45) is 19.0. The number of hydrogen-bond donors (Lipinski definition) is 0. The molecule has 1 fully saturated rings. The van der Waals surface area contributed by atoms with Gasteiger partial charge in [0.2, 0.25) is 0 Å². The van der Waals surface area contributed by atoms with Crippen LogP contribution in [0.5, 0.6) is 5.75 Å². The monoisotopic (exact) mass is 475 g/mol. The van der Waals surface area contributed by atoms with Crippen molar-refractivity contribution in [2.45, 2.75) is 110 Å². The first-order chi connectivity index (χ1) is 17.1. The predicted octanol–water partition coefficient (Wildman–Crippen LogP) is 8.88. The molecule has 1 saturated carbocycles. The lowest BCUT2D eigenvalue weighted by Crippen LogP contribution is -2.27. The SMILES string of the molecule is CCCCCCCCCOc1cnc(-c2ccc(C3CCC(C#N)(C[C@H](C)CC)CC3)cc2)nc1. The van der Waals surface area contributed by atoms with E-state index in [1.54, 1.807) is 12.4 Å². The van der Waals surface area contributed by atoms with Gasteiger partial charge in [0.25, 0.3) is 0 Å². The van der Waals surface area contributed by atoms with Crippen molar-refractivity contribution in [2.24, 2.45) is 11.3 Å². The fraction of sp³-hybridized carbons (Fsp3) is 0.645. The number of hydrogen-bond acceptors (Lipinski definition) is 4. The highest BCUT2D eigenvalue weighted by molar-refractivity contribution is 5.55. The molecule has 0 amide bonds. The Kier molecular flexibility index (Phi) is 11.0. The van der Waals surface area contributed by atoms with E-state index in [9.17, 15) is 5.26 Å². The Morgan fingerprint density at radius 1 is 0.971 bits per heavy atom. The van der Waals surface area contributed by atoms with Crippen molar-refractivity contribution < 1.29 is 4.74 Å². The van der Waals surface area contributed by atoms with E-state index in [1.165, 1.54) is 44.1 Å². The highest BCUT2D eigenvalue weighted by atomic mass is 16.5. The van der Waals surface area contributed by atoms with E-state index in [-0.39, 0.29) is 5.41 Å². The van der Waals surface area contributed by atoms with E-state index in [2.05, 4.69) is 61.1 Å². The quantitative estimate of drug-likeness (QED) is 0.256. The van der Waals surface area contributed by atoms with Crippen molar-refractivity contribution in [1.29, 1.82) is 5.26 Å². The van der Waals surface area contributed by atoms with E-state index in [0.29, 0.717) is 11.8 Å². The first-order valence-electron chi connectivity index (χ1n) is 14.1. The molecular formula is C31H45N3O. The van der Waals surface area contributed by atoms with Crippen LogP contribution in [0.15, 0.2) is 36.7 Å². The van der Waals surface area contributed by atoms with Crippen molar-refractivity contribution in [3.8, 4) is 23.2 Å². The third-order valence-electron chi connectivity index (χ3n) is 7.90. The molecule has 4 heteroatoms. The third-order valence-corrected chi connectivity index (χ3v) is 7.90. The number of benzene rings is 1. The lowest BCUT2D eigenvalue weighted by atomic mass is 9.66. The Bertz CT molecular complexity index is 892. The molecule has 4 nitrogen and oxygen atoms in total. The van der Waals surface area contributed by atoms with Crippen molar-refractivity contribution in [3.05, 3.63) is 42.2 Å². The topological polar surface area (TPSA) is 58.8 Å². The first-order valence-corrected chi connectivity index (χ1v) is 14.1. The van der Waals surface area contributed by atoms with E-state index in [1.807, 2.05) is 0 Å². The van der Waals surface area contributed by atoms with Gasteiger partial charge in [-0.25, -0.2) is 9.97 Å². The van der Waals surface area contributed by atoms with Crippen molar-refractivity contribution in [2.75, 3.05) is 6.61 Å². The highest BCUT2D eigenvalue weighted by Gasteiger charge is 2.36. The molecule has 0 aliphatic heterocycles. The molecule has 0 saturated heterocycles. The summed E-state index contributed by atoms with van der Waals surface area (Å²) in [6.45, 7) is 7.49. The van der Waals surface area contributed by atoms with E-state index in [4.69, 9.17) is 4.74 Å². The van der Waals surface area contributed by atoms with Crippen LogP contribution in [0.2, 0.25) is 0 Å². The minimum Gasteiger partial charge on any atom is -0.490 e. The Morgan fingerprint density at radius 2 is 1.60 bits per heavy atom. The van der Waals surface area contributed by atoms with Gasteiger partial charge in [0, 0.05) is 5.56 Å². The Labute approximate surface area is 213 Å². The summed E-state index contributed by atoms with van der Waals surface area (Å²) < 4.78 is 5.83. The van der Waals surface area contributed by atoms with Crippen molar-refractivity contribution >= 4 is 0 Å². The second-order valence-electron chi connectivity index (χ2n) is 10.7. The van der Waals surface area contributed by atoms with Crippen LogP contribution in [0, 0.1) is 22.7 Å². The van der Waals surface area contributed by atoms with E-state index in [0.717, 1.165) is 68.7 Å². The average molecular weight is 476 g/mol. The maximum Gasteiger partial charge on any atom is 0.159 e. The molecule has 1 aliphatic rings. The van der Waals surface area contributed by atoms with Crippen LogP contribution < -0.4 is 4.74 Å². The number of unbranched alkanes of at least 4 members (excludes halogenated alkanes) is 6. The lowest BCUT2D eigenvalue weighted by Gasteiger charge is -2.36. The molecule has 1 aromatic heterocycles. The van der Waals surface area contributed by atoms with Gasteiger partial charge in [0.1, 0.15) is 0 Å². The smallest absolute Gasteiger partial charge is 0.159 e. The van der Waals surface area contributed by atoms with E-state index >= 15 is 0 Å². The summed E-state index contributed by atoms with van der Waals surface area (Å²) in [6, 6.07) is 11.4.